The third kappa shape index (κ3) is 3.39. The van der Waals surface area contributed by atoms with Gasteiger partial charge in [0.2, 0.25) is 11.8 Å². The van der Waals surface area contributed by atoms with E-state index in [9.17, 15) is 9.59 Å². The zero-order valence-electron chi connectivity index (χ0n) is 12.3. The summed E-state index contributed by atoms with van der Waals surface area (Å²) in [6, 6.07) is 1.33. The topological polar surface area (TPSA) is 49.4 Å². The second kappa shape index (κ2) is 6.39. The second-order valence-electron chi connectivity index (χ2n) is 5.78. The van der Waals surface area contributed by atoms with Crippen LogP contribution in [0.3, 0.4) is 0 Å². The molecule has 2 amide bonds. The van der Waals surface area contributed by atoms with Gasteiger partial charge < -0.3 is 10.2 Å². The molecule has 0 radical (unpaired) electrons. The lowest BCUT2D eigenvalue weighted by atomic mass is 9.98. The van der Waals surface area contributed by atoms with Gasteiger partial charge in [-0.05, 0) is 48.1 Å². The van der Waals surface area contributed by atoms with Gasteiger partial charge in [-0.25, -0.2) is 0 Å². The fourth-order valence-electron chi connectivity index (χ4n) is 2.51. The Hall–Kier alpha value is -1.36. The predicted molar refractivity (Wildman–Crippen MR) is 80.6 cm³/mol. The van der Waals surface area contributed by atoms with Crippen LogP contribution in [-0.4, -0.2) is 35.3 Å². The van der Waals surface area contributed by atoms with E-state index in [0.29, 0.717) is 18.9 Å². The molecule has 0 aromatic carbocycles. The minimum Gasteiger partial charge on any atom is -0.343 e. The first kappa shape index (κ1) is 15.0. The Bertz CT molecular complexity index is 470. The van der Waals surface area contributed by atoms with Crippen molar-refractivity contribution in [2.45, 2.75) is 45.7 Å². The van der Waals surface area contributed by atoms with E-state index in [1.807, 2.05) is 5.38 Å². The highest BCUT2D eigenvalue weighted by molar-refractivity contribution is 7.07. The van der Waals surface area contributed by atoms with E-state index < -0.39 is 0 Å². The predicted octanol–water partition coefficient (Wildman–Crippen LogP) is 2.05. The molecular weight excluding hydrogens is 272 g/mol. The summed E-state index contributed by atoms with van der Waals surface area (Å²) in [5.74, 6) is 0.401. The van der Waals surface area contributed by atoms with Gasteiger partial charge in [0.05, 0.1) is 0 Å². The summed E-state index contributed by atoms with van der Waals surface area (Å²) in [7, 11) is 0. The molecule has 1 fully saturated rings. The lowest BCUT2D eigenvalue weighted by Gasteiger charge is -2.38. The lowest BCUT2D eigenvalue weighted by Crippen LogP contribution is -2.62. The van der Waals surface area contributed by atoms with Crippen molar-refractivity contribution >= 4 is 23.2 Å². The van der Waals surface area contributed by atoms with Crippen LogP contribution >= 0.6 is 11.3 Å². The average Bonchev–Trinajstić information content (AvgIpc) is 2.88. The van der Waals surface area contributed by atoms with Gasteiger partial charge in [0.1, 0.15) is 12.1 Å². The summed E-state index contributed by atoms with van der Waals surface area (Å²) < 4.78 is 0. The summed E-state index contributed by atoms with van der Waals surface area (Å²) in [5, 5.41) is 6.96. The third-order valence-corrected chi connectivity index (χ3v) is 4.41. The maximum absolute atomic E-state index is 12.5. The van der Waals surface area contributed by atoms with Gasteiger partial charge in [0.25, 0.3) is 0 Å². The van der Waals surface area contributed by atoms with Crippen LogP contribution in [0.4, 0.5) is 0 Å². The molecule has 2 rings (SSSR count). The first-order chi connectivity index (χ1) is 9.49. The molecule has 1 N–H and O–H groups in total. The molecule has 2 unspecified atom stereocenters. The molecule has 1 aliphatic rings. The van der Waals surface area contributed by atoms with Crippen molar-refractivity contribution in [1.29, 1.82) is 0 Å². The van der Waals surface area contributed by atoms with Gasteiger partial charge in [0.15, 0.2) is 0 Å². The van der Waals surface area contributed by atoms with E-state index in [4.69, 9.17) is 0 Å². The highest BCUT2D eigenvalue weighted by Gasteiger charge is 2.37. The van der Waals surface area contributed by atoms with E-state index in [2.05, 4.69) is 30.6 Å². The van der Waals surface area contributed by atoms with Gasteiger partial charge in [-0.15, -0.1) is 0 Å². The third-order valence-electron chi connectivity index (χ3n) is 3.67. The van der Waals surface area contributed by atoms with E-state index >= 15 is 0 Å². The first-order valence-electron chi connectivity index (χ1n) is 7.11. The number of hydrogen-bond acceptors (Lipinski definition) is 3. The van der Waals surface area contributed by atoms with Crippen LogP contribution in [0.25, 0.3) is 0 Å². The minimum absolute atomic E-state index is 0.0411. The van der Waals surface area contributed by atoms with E-state index in [1.54, 1.807) is 23.2 Å². The number of nitrogens with one attached hydrogen (secondary N) is 1. The summed E-state index contributed by atoms with van der Waals surface area (Å²) in [6.07, 6.45) is 1.51. The zero-order valence-corrected chi connectivity index (χ0v) is 13.1. The van der Waals surface area contributed by atoms with Gasteiger partial charge >= 0.3 is 0 Å². The first-order valence-corrected chi connectivity index (χ1v) is 8.05. The molecule has 0 spiro atoms. The maximum atomic E-state index is 12.5. The molecule has 4 nitrogen and oxygen atoms in total. The molecule has 1 aliphatic heterocycles. The Balaban J connectivity index is 2.03. The highest BCUT2D eigenvalue weighted by Crippen LogP contribution is 2.17. The maximum Gasteiger partial charge on any atom is 0.245 e. The van der Waals surface area contributed by atoms with E-state index in [1.165, 1.54) is 5.56 Å². The van der Waals surface area contributed by atoms with Crippen molar-refractivity contribution in [3.8, 4) is 0 Å². The molecular formula is C15H22N2O2S. The molecule has 0 saturated carbocycles. The largest absolute Gasteiger partial charge is 0.343 e. The van der Waals surface area contributed by atoms with Crippen molar-refractivity contribution in [3.05, 3.63) is 22.4 Å². The number of nitrogens with zero attached hydrogens (tertiary/aromatic N) is 1. The van der Waals surface area contributed by atoms with Crippen LogP contribution < -0.4 is 5.32 Å². The molecule has 20 heavy (non-hydrogen) atoms. The van der Waals surface area contributed by atoms with E-state index in [-0.39, 0.29) is 23.9 Å². The highest BCUT2D eigenvalue weighted by atomic mass is 32.1. The molecule has 0 bridgehead atoms. The van der Waals surface area contributed by atoms with E-state index in [0.717, 1.165) is 6.42 Å². The number of rotatable bonds is 5. The number of hydrogen-bond donors (Lipinski definition) is 1. The summed E-state index contributed by atoms with van der Waals surface area (Å²) in [5.41, 5.74) is 1.22. The van der Waals surface area contributed by atoms with Crippen molar-refractivity contribution in [2.75, 3.05) is 6.54 Å². The number of amides is 2. The minimum atomic E-state index is -0.371. The Kier molecular flexibility index (Phi) is 4.81. The zero-order chi connectivity index (χ0) is 14.7. The smallest absolute Gasteiger partial charge is 0.245 e. The monoisotopic (exact) mass is 294 g/mol. The Morgan fingerprint density at radius 2 is 2.15 bits per heavy atom. The van der Waals surface area contributed by atoms with Crippen molar-refractivity contribution in [2.24, 2.45) is 5.92 Å². The van der Waals surface area contributed by atoms with Crippen molar-refractivity contribution in [3.63, 3.8) is 0 Å². The van der Waals surface area contributed by atoms with Crippen LogP contribution in [0.2, 0.25) is 0 Å². The van der Waals surface area contributed by atoms with Gasteiger partial charge in [-0.2, -0.15) is 11.3 Å². The molecule has 0 aliphatic carbocycles. The van der Waals surface area contributed by atoms with Crippen LogP contribution in [0.5, 0.6) is 0 Å². The number of carbonyl (C=O) groups is 2. The van der Waals surface area contributed by atoms with Gasteiger partial charge in [0, 0.05) is 6.54 Å². The summed E-state index contributed by atoms with van der Waals surface area (Å²) in [6.45, 7) is 6.53. The fourth-order valence-corrected chi connectivity index (χ4v) is 3.21. The van der Waals surface area contributed by atoms with Crippen LogP contribution in [0.15, 0.2) is 16.8 Å². The Morgan fingerprint density at radius 1 is 1.40 bits per heavy atom. The molecule has 1 aromatic rings. The van der Waals surface area contributed by atoms with Gasteiger partial charge in [-0.3, -0.25) is 9.59 Å². The van der Waals surface area contributed by atoms with Gasteiger partial charge in [-0.1, -0.05) is 13.8 Å². The second-order valence-corrected chi connectivity index (χ2v) is 6.56. The fraction of sp³-hybridized carbons (Fsp3) is 0.600. The average molecular weight is 294 g/mol. The number of piperazine rings is 1. The van der Waals surface area contributed by atoms with Crippen molar-refractivity contribution < 1.29 is 9.59 Å². The molecule has 2 heterocycles. The van der Waals surface area contributed by atoms with Crippen LogP contribution in [0, 0.1) is 5.92 Å². The SMILES string of the molecule is CC(C)CC1NC(=O)C(C)N(CCc2ccsc2)C1=O. The molecule has 2 atom stereocenters. The molecule has 110 valence electrons. The molecule has 1 saturated heterocycles. The van der Waals surface area contributed by atoms with Crippen LogP contribution in [-0.2, 0) is 16.0 Å². The van der Waals surface area contributed by atoms with Crippen molar-refractivity contribution in [1.82, 2.24) is 10.2 Å². The quantitative estimate of drug-likeness (QED) is 0.903. The number of thiophene rings is 1. The lowest BCUT2D eigenvalue weighted by molar-refractivity contribution is -0.149. The molecule has 5 heteroatoms. The molecule has 1 aromatic heterocycles. The summed E-state index contributed by atoms with van der Waals surface area (Å²) in [4.78, 5) is 26.2. The normalized spacial score (nSPS) is 23.3. The number of carbonyl (C=O) groups excluding carboxylic acids is 2. The standard InChI is InChI=1S/C15H22N2O2S/c1-10(2)8-13-15(19)17(11(3)14(18)16-13)6-4-12-5-7-20-9-12/h5,7,9-11,13H,4,6,8H2,1-3H3,(H,16,18). The van der Waals surface area contributed by atoms with Crippen LogP contribution in [0.1, 0.15) is 32.8 Å². The summed E-state index contributed by atoms with van der Waals surface area (Å²) >= 11 is 1.65. The Labute approximate surface area is 124 Å². The Morgan fingerprint density at radius 3 is 2.75 bits per heavy atom.